The SMILES string of the molecule is Cc1cc(-c2cccnc2)ccc1C(C)(C)N(C)C. The van der Waals surface area contributed by atoms with Gasteiger partial charge in [0.15, 0.2) is 0 Å². The first-order valence-corrected chi connectivity index (χ1v) is 6.62. The molecule has 2 rings (SSSR count). The van der Waals surface area contributed by atoms with Crippen LogP contribution in [0.4, 0.5) is 0 Å². The second-order valence-corrected chi connectivity index (χ2v) is 5.72. The van der Waals surface area contributed by atoms with E-state index in [1.54, 1.807) is 6.20 Å². The average molecular weight is 254 g/mol. The van der Waals surface area contributed by atoms with E-state index in [2.05, 4.69) is 69.0 Å². The van der Waals surface area contributed by atoms with Gasteiger partial charge in [-0.3, -0.25) is 4.98 Å². The van der Waals surface area contributed by atoms with Crippen LogP contribution in [0.25, 0.3) is 11.1 Å². The van der Waals surface area contributed by atoms with Gasteiger partial charge < -0.3 is 4.90 Å². The fourth-order valence-electron chi connectivity index (χ4n) is 2.30. The molecule has 1 aromatic carbocycles. The Balaban J connectivity index is 2.44. The summed E-state index contributed by atoms with van der Waals surface area (Å²) in [5.41, 5.74) is 5.12. The third kappa shape index (κ3) is 2.69. The highest BCUT2D eigenvalue weighted by atomic mass is 15.1. The fourth-order valence-corrected chi connectivity index (χ4v) is 2.30. The molecule has 0 saturated carbocycles. The molecule has 0 fully saturated rings. The number of aryl methyl sites for hydroxylation is 1. The number of pyridine rings is 1. The summed E-state index contributed by atoms with van der Waals surface area (Å²) in [4.78, 5) is 6.43. The van der Waals surface area contributed by atoms with E-state index in [0.717, 1.165) is 0 Å². The van der Waals surface area contributed by atoms with Crippen LogP contribution in [-0.2, 0) is 5.54 Å². The first-order valence-electron chi connectivity index (χ1n) is 6.62. The molecule has 0 atom stereocenters. The van der Waals surface area contributed by atoms with Crippen molar-refractivity contribution in [1.82, 2.24) is 9.88 Å². The topological polar surface area (TPSA) is 16.1 Å². The first-order chi connectivity index (χ1) is 8.93. The van der Waals surface area contributed by atoms with E-state index in [9.17, 15) is 0 Å². The van der Waals surface area contributed by atoms with Gasteiger partial charge in [-0.05, 0) is 63.2 Å². The van der Waals surface area contributed by atoms with Crippen molar-refractivity contribution in [3.8, 4) is 11.1 Å². The van der Waals surface area contributed by atoms with E-state index in [0.29, 0.717) is 0 Å². The van der Waals surface area contributed by atoms with Crippen molar-refractivity contribution >= 4 is 0 Å². The monoisotopic (exact) mass is 254 g/mol. The number of hydrogen-bond donors (Lipinski definition) is 0. The Labute approximate surface area is 116 Å². The molecule has 100 valence electrons. The second kappa shape index (κ2) is 5.14. The highest BCUT2D eigenvalue weighted by Gasteiger charge is 2.24. The van der Waals surface area contributed by atoms with Crippen molar-refractivity contribution < 1.29 is 0 Å². The van der Waals surface area contributed by atoms with Crippen LogP contribution < -0.4 is 0 Å². The second-order valence-electron chi connectivity index (χ2n) is 5.72. The molecule has 0 aliphatic heterocycles. The van der Waals surface area contributed by atoms with Gasteiger partial charge in [0.1, 0.15) is 0 Å². The van der Waals surface area contributed by atoms with Crippen LogP contribution in [0.2, 0.25) is 0 Å². The van der Waals surface area contributed by atoms with Crippen LogP contribution in [-0.4, -0.2) is 24.0 Å². The van der Waals surface area contributed by atoms with Crippen LogP contribution >= 0.6 is 0 Å². The molecule has 0 unspecified atom stereocenters. The lowest BCUT2D eigenvalue weighted by molar-refractivity contribution is 0.197. The van der Waals surface area contributed by atoms with E-state index < -0.39 is 0 Å². The molecule has 2 nitrogen and oxygen atoms in total. The smallest absolute Gasteiger partial charge is 0.0401 e. The highest BCUT2D eigenvalue weighted by Crippen LogP contribution is 2.31. The lowest BCUT2D eigenvalue weighted by Crippen LogP contribution is -2.35. The largest absolute Gasteiger partial charge is 0.300 e. The molecule has 0 amide bonds. The molecule has 2 aromatic rings. The first kappa shape index (κ1) is 13.8. The van der Waals surface area contributed by atoms with Crippen LogP contribution in [0.1, 0.15) is 25.0 Å². The molecule has 0 spiro atoms. The van der Waals surface area contributed by atoms with E-state index in [4.69, 9.17) is 0 Å². The van der Waals surface area contributed by atoms with Gasteiger partial charge in [0.25, 0.3) is 0 Å². The maximum absolute atomic E-state index is 4.18. The molecule has 19 heavy (non-hydrogen) atoms. The van der Waals surface area contributed by atoms with Crippen LogP contribution in [0.5, 0.6) is 0 Å². The van der Waals surface area contributed by atoms with Crippen molar-refractivity contribution in [2.24, 2.45) is 0 Å². The highest BCUT2D eigenvalue weighted by molar-refractivity contribution is 5.64. The van der Waals surface area contributed by atoms with E-state index >= 15 is 0 Å². The summed E-state index contributed by atoms with van der Waals surface area (Å²) < 4.78 is 0. The van der Waals surface area contributed by atoms with E-state index in [1.807, 2.05) is 12.3 Å². The Kier molecular flexibility index (Phi) is 3.72. The Bertz CT molecular complexity index is 557. The van der Waals surface area contributed by atoms with Crippen molar-refractivity contribution in [3.63, 3.8) is 0 Å². The third-order valence-corrected chi connectivity index (χ3v) is 4.00. The summed E-state index contributed by atoms with van der Waals surface area (Å²) in [6, 6.07) is 10.7. The number of hydrogen-bond acceptors (Lipinski definition) is 2. The Hall–Kier alpha value is -1.67. The molecule has 0 saturated heterocycles. The van der Waals surface area contributed by atoms with Gasteiger partial charge in [0.2, 0.25) is 0 Å². The van der Waals surface area contributed by atoms with Crippen molar-refractivity contribution in [3.05, 3.63) is 53.9 Å². The molecule has 1 heterocycles. The van der Waals surface area contributed by atoms with Gasteiger partial charge in [0, 0.05) is 17.9 Å². The lowest BCUT2D eigenvalue weighted by atomic mass is 9.87. The number of nitrogens with zero attached hydrogens (tertiary/aromatic N) is 2. The zero-order valence-electron chi connectivity index (χ0n) is 12.4. The van der Waals surface area contributed by atoms with Gasteiger partial charge in [-0.15, -0.1) is 0 Å². The molecule has 0 N–H and O–H groups in total. The molecule has 0 aliphatic carbocycles. The van der Waals surface area contributed by atoms with E-state index in [-0.39, 0.29) is 5.54 Å². The van der Waals surface area contributed by atoms with Crippen molar-refractivity contribution in [2.75, 3.05) is 14.1 Å². The fraction of sp³-hybridized carbons (Fsp3) is 0.353. The minimum atomic E-state index is 0.0392. The maximum Gasteiger partial charge on any atom is 0.0401 e. The molecule has 0 radical (unpaired) electrons. The standard InChI is InChI=1S/C17H22N2/c1-13-11-14(15-7-6-10-18-12-15)8-9-16(13)17(2,3)19(4)5/h6-12H,1-5H3. The minimum absolute atomic E-state index is 0.0392. The Morgan fingerprint density at radius 3 is 2.32 bits per heavy atom. The van der Waals surface area contributed by atoms with E-state index in [1.165, 1.54) is 22.3 Å². The zero-order chi connectivity index (χ0) is 14.0. The van der Waals surface area contributed by atoms with Gasteiger partial charge in [-0.2, -0.15) is 0 Å². The molecule has 0 aliphatic rings. The van der Waals surface area contributed by atoms with Crippen LogP contribution in [0.15, 0.2) is 42.7 Å². The zero-order valence-corrected chi connectivity index (χ0v) is 12.4. The quantitative estimate of drug-likeness (QED) is 0.827. The van der Waals surface area contributed by atoms with Crippen LogP contribution in [0.3, 0.4) is 0 Å². The third-order valence-electron chi connectivity index (χ3n) is 4.00. The van der Waals surface area contributed by atoms with Gasteiger partial charge >= 0.3 is 0 Å². The van der Waals surface area contributed by atoms with Crippen molar-refractivity contribution in [2.45, 2.75) is 26.3 Å². The predicted octanol–water partition coefficient (Wildman–Crippen LogP) is 3.85. The van der Waals surface area contributed by atoms with Gasteiger partial charge in [0.05, 0.1) is 0 Å². The molecule has 1 aromatic heterocycles. The van der Waals surface area contributed by atoms with Gasteiger partial charge in [-0.1, -0.05) is 24.3 Å². The summed E-state index contributed by atoms with van der Waals surface area (Å²) >= 11 is 0. The number of benzene rings is 1. The summed E-state index contributed by atoms with van der Waals surface area (Å²) in [5, 5.41) is 0. The minimum Gasteiger partial charge on any atom is -0.300 e. The van der Waals surface area contributed by atoms with Crippen molar-refractivity contribution in [1.29, 1.82) is 0 Å². The summed E-state index contributed by atoms with van der Waals surface area (Å²) in [6.07, 6.45) is 3.71. The molecular weight excluding hydrogens is 232 g/mol. The molecule has 0 bridgehead atoms. The summed E-state index contributed by atoms with van der Waals surface area (Å²) in [7, 11) is 4.24. The maximum atomic E-state index is 4.18. The van der Waals surface area contributed by atoms with Crippen LogP contribution in [0, 0.1) is 6.92 Å². The average Bonchev–Trinajstić information content (AvgIpc) is 2.39. The normalized spacial score (nSPS) is 11.9. The summed E-state index contributed by atoms with van der Waals surface area (Å²) in [5.74, 6) is 0. The number of rotatable bonds is 3. The molecular formula is C17H22N2. The molecule has 2 heteroatoms. The summed E-state index contributed by atoms with van der Waals surface area (Å²) in [6.45, 7) is 6.68. The Morgan fingerprint density at radius 2 is 1.79 bits per heavy atom. The number of aromatic nitrogens is 1. The lowest BCUT2D eigenvalue weighted by Gasteiger charge is -2.34. The Morgan fingerprint density at radius 1 is 1.05 bits per heavy atom. The van der Waals surface area contributed by atoms with Gasteiger partial charge in [-0.25, -0.2) is 0 Å². The predicted molar refractivity (Wildman–Crippen MR) is 81.1 cm³/mol.